The van der Waals surface area contributed by atoms with Gasteiger partial charge in [0.05, 0.1) is 0 Å². The summed E-state index contributed by atoms with van der Waals surface area (Å²) in [6.45, 7) is 2.01. The van der Waals surface area contributed by atoms with Crippen molar-refractivity contribution in [3.63, 3.8) is 0 Å². The summed E-state index contributed by atoms with van der Waals surface area (Å²) >= 11 is 3.45. The molecule has 1 aliphatic carbocycles. The molecule has 0 spiro atoms. The van der Waals surface area contributed by atoms with Crippen LogP contribution in [0.1, 0.15) is 44.1 Å². The minimum absolute atomic E-state index is 0.0117. The molecule has 0 unspecified atom stereocenters. The van der Waals surface area contributed by atoms with Gasteiger partial charge in [-0.05, 0) is 44.5 Å². The Morgan fingerprint density at radius 2 is 2.00 bits per heavy atom. The molecule has 2 N–H and O–H groups in total. The molecule has 1 saturated carbocycles. The molecule has 1 fully saturated rings. The van der Waals surface area contributed by atoms with Gasteiger partial charge in [-0.15, -0.1) is 0 Å². The van der Waals surface area contributed by atoms with Gasteiger partial charge in [0.25, 0.3) is 0 Å². The van der Waals surface area contributed by atoms with Gasteiger partial charge in [0, 0.05) is 22.1 Å². The second kappa shape index (κ2) is 6.72. The fraction of sp³-hybridized carbons (Fsp3) is 0.562. The first-order chi connectivity index (χ1) is 9.54. The second-order valence-electron chi connectivity index (χ2n) is 5.78. The number of hydrogen-bond donors (Lipinski definition) is 2. The molecule has 20 heavy (non-hydrogen) atoms. The summed E-state index contributed by atoms with van der Waals surface area (Å²) in [6, 6.07) is 5.95. The number of carbonyl (C=O) groups excluding carboxylic acids is 1. The van der Waals surface area contributed by atoms with Crippen molar-refractivity contribution in [2.24, 2.45) is 0 Å². The van der Waals surface area contributed by atoms with Crippen molar-refractivity contribution < 1.29 is 4.79 Å². The predicted octanol–water partition coefficient (Wildman–Crippen LogP) is 4.01. The van der Waals surface area contributed by atoms with E-state index in [2.05, 4.69) is 26.6 Å². The van der Waals surface area contributed by atoms with Crippen LogP contribution in [0.2, 0.25) is 0 Å². The van der Waals surface area contributed by atoms with Crippen LogP contribution in [0.25, 0.3) is 0 Å². The maximum absolute atomic E-state index is 12.3. The van der Waals surface area contributed by atoms with Crippen LogP contribution in [0.3, 0.4) is 0 Å². The molecule has 1 aromatic carbocycles. The normalized spacial score (nSPS) is 17.8. The van der Waals surface area contributed by atoms with E-state index in [-0.39, 0.29) is 11.4 Å². The summed E-state index contributed by atoms with van der Waals surface area (Å²) in [5, 5.41) is 6.44. The zero-order valence-corrected chi connectivity index (χ0v) is 13.8. The van der Waals surface area contributed by atoms with E-state index in [1.807, 2.05) is 32.2 Å². The summed E-state index contributed by atoms with van der Waals surface area (Å²) in [6.07, 6.45) is 6.45. The first kappa shape index (κ1) is 15.5. The number of benzene rings is 1. The average Bonchev–Trinajstić information content (AvgIpc) is 2.44. The van der Waals surface area contributed by atoms with Crippen LogP contribution in [0.15, 0.2) is 22.7 Å². The quantitative estimate of drug-likeness (QED) is 0.870. The highest BCUT2D eigenvalue weighted by Gasteiger charge is 2.32. The maximum atomic E-state index is 12.3. The van der Waals surface area contributed by atoms with Crippen molar-refractivity contribution in [2.45, 2.75) is 51.0 Å². The van der Waals surface area contributed by atoms with Crippen molar-refractivity contribution in [1.82, 2.24) is 5.32 Å². The molecule has 1 amide bonds. The molecule has 0 bridgehead atoms. The maximum Gasteiger partial charge on any atom is 0.226 e. The summed E-state index contributed by atoms with van der Waals surface area (Å²) < 4.78 is 0.986. The SMILES string of the molecule is CNC1(CC(=O)Nc2cc(Br)ccc2C)CCCCC1. The Hall–Kier alpha value is -0.870. The Kier molecular flexibility index (Phi) is 5.22. The van der Waals surface area contributed by atoms with Crippen molar-refractivity contribution in [2.75, 3.05) is 12.4 Å². The van der Waals surface area contributed by atoms with E-state index in [9.17, 15) is 4.79 Å². The molecule has 1 aliphatic rings. The van der Waals surface area contributed by atoms with E-state index in [0.717, 1.165) is 28.6 Å². The number of aryl methyl sites for hydroxylation is 1. The molecule has 0 atom stereocenters. The second-order valence-corrected chi connectivity index (χ2v) is 6.69. The predicted molar refractivity (Wildman–Crippen MR) is 87.0 cm³/mol. The van der Waals surface area contributed by atoms with Gasteiger partial charge in [0.2, 0.25) is 5.91 Å². The lowest BCUT2D eigenvalue weighted by Gasteiger charge is -2.36. The van der Waals surface area contributed by atoms with E-state index in [1.165, 1.54) is 19.3 Å². The molecule has 0 aromatic heterocycles. The highest BCUT2D eigenvalue weighted by molar-refractivity contribution is 9.10. The van der Waals surface area contributed by atoms with Crippen LogP contribution >= 0.6 is 15.9 Å². The standard InChI is InChI=1S/C16H23BrN2O/c1-12-6-7-13(17)10-14(12)19-15(20)11-16(18-2)8-4-3-5-9-16/h6-7,10,18H,3-5,8-9,11H2,1-2H3,(H,19,20). The number of hydrogen-bond acceptors (Lipinski definition) is 2. The first-order valence-electron chi connectivity index (χ1n) is 7.30. The van der Waals surface area contributed by atoms with Gasteiger partial charge >= 0.3 is 0 Å². The fourth-order valence-corrected chi connectivity index (χ4v) is 3.34. The van der Waals surface area contributed by atoms with Crippen molar-refractivity contribution >= 4 is 27.5 Å². The van der Waals surface area contributed by atoms with Gasteiger partial charge in [-0.1, -0.05) is 41.3 Å². The minimum Gasteiger partial charge on any atom is -0.326 e. The molecule has 3 nitrogen and oxygen atoms in total. The Labute approximate surface area is 129 Å². The zero-order chi connectivity index (χ0) is 14.6. The number of halogens is 1. The monoisotopic (exact) mass is 338 g/mol. The lowest BCUT2D eigenvalue weighted by atomic mass is 9.79. The lowest BCUT2D eigenvalue weighted by molar-refractivity contribution is -0.117. The summed E-state index contributed by atoms with van der Waals surface area (Å²) in [5.41, 5.74) is 1.97. The number of amides is 1. The van der Waals surface area contributed by atoms with Crippen LogP contribution in [0.4, 0.5) is 5.69 Å². The van der Waals surface area contributed by atoms with Crippen molar-refractivity contribution in [3.8, 4) is 0 Å². The smallest absolute Gasteiger partial charge is 0.226 e. The third-order valence-electron chi connectivity index (χ3n) is 4.31. The number of rotatable bonds is 4. The first-order valence-corrected chi connectivity index (χ1v) is 8.09. The summed E-state index contributed by atoms with van der Waals surface area (Å²) in [7, 11) is 1.98. The molecule has 0 radical (unpaired) electrons. The van der Waals surface area contributed by atoms with Gasteiger partial charge < -0.3 is 10.6 Å². The Morgan fingerprint density at radius 1 is 1.30 bits per heavy atom. The molecule has 0 aliphatic heterocycles. The van der Waals surface area contributed by atoms with Gasteiger partial charge in [0.1, 0.15) is 0 Å². The third-order valence-corrected chi connectivity index (χ3v) is 4.81. The third kappa shape index (κ3) is 3.83. The minimum atomic E-state index is -0.0117. The van der Waals surface area contributed by atoms with Crippen LogP contribution in [-0.2, 0) is 4.79 Å². The van der Waals surface area contributed by atoms with Crippen LogP contribution < -0.4 is 10.6 Å². The fourth-order valence-electron chi connectivity index (χ4n) is 2.97. The van der Waals surface area contributed by atoms with Crippen molar-refractivity contribution in [1.29, 1.82) is 0 Å². The average molecular weight is 339 g/mol. The van der Waals surface area contributed by atoms with E-state index in [0.29, 0.717) is 6.42 Å². The van der Waals surface area contributed by atoms with Crippen LogP contribution in [0.5, 0.6) is 0 Å². The van der Waals surface area contributed by atoms with Gasteiger partial charge in [-0.2, -0.15) is 0 Å². The topological polar surface area (TPSA) is 41.1 Å². The van der Waals surface area contributed by atoms with E-state index >= 15 is 0 Å². The van der Waals surface area contributed by atoms with E-state index < -0.39 is 0 Å². The highest BCUT2D eigenvalue weighted by atomic mass is 79.9. The highest BCUT2D eigenvalue weighted by Crippen LogP contribution is 2.31. The molecule has 0 saturated heterocycles. The van der Waals surface area contributed by atoms with Gasteiger partial charge in [-0.25, -0.2) is 0 Å². The number of nitrogens with one attached hydrogen (secondary N) is 2. The van der Waals surface area contributed by atoms with Crippen LogP contribution in [-0.4, -0.2) is 18.5 Å². The molecular formula is C16H23BrN2O. The molecule has 4 heteroatoms. The zero-order valence-electron chi connectivity index (χ0n) is 12.3. The van der Waals surface area contributed by atoms with Crippen molar-refractivity contribution in [3.05, 3.63) is 28.2 Å². The number of anilines is 1. The van der Waals surface area contributed by atoms with E-state index in [1.54, 1.807) is 0 Å². The lowest BCUT2D eigenvalue weighted by Crippen LogP contribution is -2.47. The number of carbonyl (C=O) groups is 1. The summed E-state index contributed by atoms with van der Waals surface area (Å²) in [4.78, 5) is 12.3. The Morgan fingerprint density at radius 3 is 2.65 bits per heavy atom. The molecule has 1 aromatic rings. The van der Waals surface area contributed by atoms with Gasteiger partial charge in [0.15, 0.2) is 0 Å². The largest absolute Gasteiger partial charge is 0.326 e. The molecule has 2 rings (SSSR count). The molecular weight excluding hydrogens is 316 g/mol. The summed E-state index contributed by atoms with van der Waals surface area (Å²) in [5.74, 6) is 0.0995. The Balaban J connectivity index is 2.02. The van der Waals surface area contributed by atoms with E-state index in [4.69, 9.17) is 0 Å². The Bertz CT molecular complexity index is 481. The van der Waals surface area contributed by atoms with Gasteiger partial charge in [-0.3, -0.25) is 4.79 Å². The molecule has 0 heterocycles. The van der Waals surface area contributed by atoms with Crippen LogP contribution in [0, 0.1) is 6.92 Å². The molecule has 110 valence electrons.